The molecule has 3 heterocycles. The Morgan fingerprint density at radius 1 is 1.43 bits per heavy atom. The number of allylic oxidation sites excluding steroid dienone is 1. The van der Waals surface area contributed by atoms with E-state index in [4.69, 9.17) is 20.1 Å². The summed E-state index contributed by atoms with van der Waals surface area (Å²) < 4.78 is 49.3. The van der Waals surface area contributed by atoms with Gasteiger partial charge in [-0.15, -0.1) is 5.10 Å². The Morgan fingerprint density at radius 2 is 2.19 bits per heavy atom. The molecule has 3 N–H and O–H groups in total. The van der Waals surface area contributed by atoms with Crippen molar-refractivity contribution < 1.29 is 22.3 Å². The number of aromatic amines is 1. The zero-order chi connectivity index (χ0) is 15.2. The van der Waals surface area contributed by atoms with Gasteiger partial charge in [-0.05, 0) is 12.1 Å². The Balaban J connectivity index is 2.26. The Labute approximate surface area is 115 Å². The van der Waals surface area contributed by atoms with Gasteiger partial charge >= 0.3 is 6.18 Å². The van der Waals surface area contributed by atoms with Crippen LogP contribution in [0.15, 0.2) is 34.3 Å². The molecular formula is C12H7F3N4O2. The zero-order valence-corrected chi connectivity index (χ0v) is 10.2. The van der Waals surface area contributed by atoms with E-state index in [0.717, 1.165) is 0 Å². The van der Waals surface area contributed by atoms with Gasteiger partial charge in [-0.25, -0.2) is 0 Å². The van der Waals surface area contributed by atoms with Gasteiger partial charge in [0, 0.05) is 0 Å². The first-order valence-electron chi connectivity index (χ1n) is 5.70. The van der Waals surface area contributed by atoms with Crippen molar-refractivity contribution in [2.75, 3.05) is 0 Å². The van der Waals surface area contributed by atoms with Crippen LogP contribution in [0.5, 0.6) is 5.88 Å². The average molecular weight is 296 g/mol. The van der Waals surface area contributed by atoms with E-state index in [1.54, 1.807) is 6.07 Å². The first kappa shape index (κ1) is 13.1. The van der Waals surface area contributed by atoms with Crippen LogP contribution in [-0.4, -0.2) is 10.2 Å². The number of nitriles is 1. The molecule has 9 heteroatoms. The predicted molar refractivity (Wildman–Crippen MR) is 61.6 cm³/mol. The number of halogens is 3. The summed E-state index contributed by atoms with van der Waals surface area (Å²) in [6.45, 7) is 0. The van der Waals surface area contributed by atoms with Crippen molar-refractivity contribution in [1.82, 2.24) is 10.2 Å². The van der Waals surface area contributed by atoms with Crippen molar-refractivity contribution in [1.29, 1.82) is 5.26 Å². The molecule has 0 amide bonds. The SMILES string of the molecule is N#CC1=C(N)Oc2n[nH]c(C(F)(F)F)c2[C@@H]1c1ccco1. The lowest BCUT2D eigenvalue weighted by Gasteiger charge is -2.22. The van der Waals surface area contributed by atoms with E-state index in [9.17, 15) is 13.2 Å². The summed E-state index contributed by atoms with van der Waals surface area (Å²) >= 11 is 0. The normalized spacial score (nSPS) is 18.1. The van der Waals surface area contributed by atoms with E-state index in [2.05, 4.69) is 5.10 Å². The molecule has 3 rings (SSSR count). The largest absolute Gasteiger partial charge is 0.468 e. The number of H-pyrrole nitrogens is 1. The summed E-state index contributed by atoms with van der Waals surface area (Å²) in [5, 5.41) is 14.5. The number of nitrogens with zero attached hydrogens (tertiary/aromatic N) is 2. The number of alkyl halides is 3. The highest BCUT2D eigenvalue weighted by molar-refractivity contribution is 5.53. The van der Waals surface area contributed by atoms with Gasteiger partial charge in [0.15, 0.2) is 0 Å². The number of furan rings is 1. The number of nitrogens with one attached hydrogen (secondary N) is 1. The second-order valence-electron chi connectivity index (χ2n) is 4.26. The van der Waals surface area contributed by atoms with Crippen LogP contribution in [0.4, 0.5) is 13.2 Å². The quantitative estimate of drug-likeness (QED) is 0.840. The summed E-state index contributed by atoms with van der Waals surface area (Å²) in [4.78, 5) is 0. The molecule has 2 aromatic rings. The van der Waals surface area contributed by atoms with Crippen LogP contribution in [0, 0.1) is 11.3 Å². The van der Waals surface area contributed by atoms with Crippen LogP contribution in [0.3, 0.4) is 0 Å². The molecule has 108 valence electrons. The van der Waals surface area contributed by atoms with Crippen molar-refractivity contribution in [3.8, 4) is 11.9 Å². The van der Waals surface area contributed by atoms with Crippen molar-refractivity contribution in [2.45, 2.75) is 12.1 Å². The summed E-state index contributed by atoms with van der Waals surface area (Å²) in [7, 11) is 0. The van der Waals surface area contributed by atoms with Crippen molar-refractivity contribution in [2.24, 2.45) is 5.73 Å². The van der Waals surface area contributed by atoms with Gasteiger partial charge < -0.3 is 14.9 Å². The number of hydrogen-bond acceptors (Lipinski definition) is 5. The highest BCUT2D eigenvalue weighted by Crippen LogP contribution is 2.46. The van der Waals surface area contributed by atoms with Gasteiger partial charge in [0.1, 0.15) is 23.1 Å². The fraction of sp³-hybridized carbons (Fsp3) is 0.167. The minimum Gasteiger partial charge on any atom is -0.468 e. The van der Waals surface area contributed by atoms with E-state index in [-0.39, 0.29) is 28.7 Å². The Hall–Kier alpha value is -2.89. The fourth-order valence-corrected chi connectivity index (χ4v) is 2.20. The molecule has 0 radical (unpaired) electrons. The van der Waals surface area contributed by atoms with Gasteiger partial charge in [-0.3, -0.25) is 5.10 Å². The lowest BCUT2D eigenvalue weighted by Crippen LogP contribution is -2.22. The van der Waals surface area contributed by atoms with Crippen LogP contribution < -0.4 is 10.5 Å². The number of aromatic nitrogens is 2. The van der Waals surface area contributed by atoms with E-state index in [1.807, 2.05) is 5.10 Å². The number of nitrogens with two attached hydrogens (primary N) is 1. The topological polar surface area (TPSA) is 101 Å². The molecule has 0 fully saturated rings. The van der Waals surface area contributed by atoms with E-state index < -0.39 is 17.8 Å². The van der Waals surface area contributed by atoms with E-state index in [0.29, 0.717) is 0 Å². The van der Waals surface area contributed by atoms with Gasteiger partial charge in [0.05, 0.1) is 17.7 Å². The standard InChI is InChI=1S/C12H7F3N4O2/c13-12(14,15)9-8-7(6-2-1-3-20-6)5(4-16)10(17)21-11(8)19-18-9/h1-3,7H,17H2,(H,18,19)/t7-/m0/s1. The second kappa shape index (κ2) is 4.31. The molecule has 0 saturated carbocycles. The summed E-state index contributed by atoms with van der Waals surface area (Å²) in [5.41, 5.74) is 4.00. The highest BCUT2D eigenvalue weighted by atomic mass is 19.4. The lowest BCUT2D eigenvalue weighted by molar-refractivity contribution is -0.141. The molecule has 1 aliphatic heterocycles. The molecule has 0 aliphatic carbocycles. The summed E-state index contributed by atoms with van der Waals surface area (Å²) in [5.74, 6) is -1.60. The highest BCUT2D eigenvalue weighted by Gasteiger charge is 2.45. The molecular weight excluding hydrogens is 289 g/mol. The molecule has 1 atom stereocenters. The van der Waals surface area contributed by atoms with E-state index >= 15 is 0 Å². The van der Waals surface area contributed by atoms with Crippen LogP contribution >= 0.6 is 0 Å². The maximum Gasteiger partial charge on any atom is 0.433 e. The minimum atomic E-state index is -4.68. The van der Waals surface area contributed by atoms with Crippen LogP contribution in [-0.2, 0) is 6.18 Å². The van der Waals surface area contributed by atoms with Crippen LogP contribution in [0.1, 0.15) is 22.9 Å². The minimum absolute atomic E-state index is 0.144. The number of ether oxygens (including phenoxy) is 1. The smallest absolute Gasteiger partial charge is 0.433 e. The van der Waals surface area contributed by atoms with Crippen molar-refractivity contribution in [3.63, 3.8) is 0 Å². The third-order valence-electron chi connectivity index (χ3n) is 3.05. The fourth-order valence-electron chi connectivity index (χ4n) is 2.20. The Kier molecular flexibility index (Phi) is 2.69. The molecule has 0 aromatic carbocycles. The molecule has 0 bridgehead atoms. The Bertz CT molecular complexity index is 753. The third-order valence-corrected chi connectivity index (χ3v) is 3.05. The van der Waals surface area contributed by atoms with Crippen molar-refractivity contribution >= 4 is 0 Å². The van der Waals surface area contributed by atoms with Gasteiger partial charge in [0.2, 0.25) is 11.8 Å². The van der Waals surface area contributed by atoms with Crippen LogP contribution in [0.2, 0.25) is 0 Å². The zero-order valence-electron chi connectivity index (χ0n) is 10.2. The molecule has 0 saturated heterocycles. The van der Waals surface area contributed by atoms with Crippen LogP contribution in [0.25, 0.3) is 0 Å². The first-order chi connectivity index (χ1) is 9.93. The number of rotatable bonds is 1. The predicted octanol–water partition coefficient (Wildman–Crippen LogP) is 2.24. The average Bonchev–Trinajstić information content (AvgIpc) is 3.04. The third kappa shape index (κ3) is 1.92. The monoisotopic (exact) mass is 296 g/mol. The molecule has 21 heavy (non-hydrogen) atoms. The summed E-state index contributed by atoms with van der Waals surface area (Å²) in [6.07, 6.45) is -3.38. The number of hydrogen-bond donors (Lipinski definition) is 2. The molecule has 2 aromatic heterocycles. The van der Waals surface area contributed by atoms with E-state index in [1.165, 1.54) is 18.4 Å². The molecule has 0 unspecified atom stereocenters. The van der Waals surface area contributed by atoms with Gasteiger partial charge in [-0.2, -0.15) is 18.4 Å². The maximum atomic E-state index is 13.1. The van der Waals surface area contributed by atoms with Crippen molar-refractivity contribution in [3.05, 3.63) is 46.9 Å². The first-order valence-corrected chi connectivity index (χ1v) is 5.70. The molecule has 0 spiro atoms. The summed E-state index contributed by atoms with van der Waals surface area (Å²) in [6, 6.07) is 4.72. The molecule has 1 aliphatic rings. The number of fused-ring (bicyclic) bond motifs is 1. The maximum absolute atomic E-state index is 13.1. The lowest BCUT2D eigenvalue weighted by atomic mass is 9.88. The van der Waals surface area contributed by atoms with Gasteiger partial charge in [-0.1, -0.05) is 0 Å². The Morgan fingerprint density at radius 3 is 2.76 bits per heavy atom. The molecule has 6 nitrogen and oxygen atoms in total. The van der Waals surface area contributed by atoms with Gasteiger partial charge in [0.25, 0.3) is 0 Å². The second-order valence-corrected chi connectivity index (χ2v) is 4.26.